The SMILES string of the molecule is C[C@@H](O)CNC(=O)c1cc([N+](=O)[O-])cn1C1CC1. The van der Waals surface area contributed by atoms with E-state index in [1.165, 1.54) is 12.3 Å². The highest BCUT2D eigenvalue weighted by molar-refractivity contribution is 5.93. The molecule has 2 rings (SSSR count). The lowest BCUT2D eigenvalue weighted by Crippen LogP contribution is -2.31. The molecule has 1 aromatic rings. The van der Waals surface area contributed by atoms with Crippen LogP contribution in [0.25, 0.3) is 0 Å². The fourth-order valence-electron chi connectivity index (χ4n) is 1.73. The van der Waals surface area contributed by atoms with Crippen molar-refractivity contribution in [2.24, 2.45) is 0 Å². The summed E-state index contributed by atoms with van der Waals surface area (Å²) < 4.78 is 1.65. The molecule has 1 atom stereocenters. The lowest BCUT2D eigenvalue weighted by molar-refractivity contribution is -0.384. The molecule has 7 nitrogen and oxygen atoms in total. The van der Waals surface area contributed by atoms with Crippen LogP contribution in [0, 0.1) is 10.1 Å². The highest BCUT2D eigenvalue weighted by atomic mass is 16.6. The van der Waals surface area contributed by atoms with Crippen LogP contribution in [0.4, 0.5) is 5.69 Å². The predicted molar refractivity (Wildman–Crippen MR) is 63.4 cm³/mol. The summed E-state index contributed by atoms with van der Waals surface area (Å²) in [5.74, 6) is -0.393. The van der Waals surface area contributed by atoms with E-state index in [4.69, 9.17) is 5.11 Å². The number of amides is 1. The van der Waals surface area contributed by atoms with Crippen LogP contribution >= 0.6 is 0 Å². The molecule has 1 amide bonds. The van der Waals surface area contributed by atoms with Gasteiger partial charge in [0, 0.05) is 18.7 Å². The lowest BCUT2D eigenvalue weighted by Gasteiger charge is -2.09. The quantitative estimate of drug-likeness (QED) is 0.600. The normalized spacial score (nSPS) is 16.3. The molecular weight excluding hydrogens is 238 g/mol. The van der Waals surface area contributed by atoms with Gasteiger partial charge in [-0.05, 0) is 19.8 Å². The Balaban J connectivity index is 2.19. The molecule has 0 aromatic carbocycles. The highest BCUT2D eigenvalue weighted by Crippen LogP contribution is 2.37. The number of carbonyl (C=O) groups excluding carboxylic acids is 1. The molecule has 1 aliphatic rings. The second-order valence-corrected chi connectivity index (χ2v) is 4.54. The van der Waals surface area contributed by atoms with E-state index >= 15 is 0 Å². The van der Waals surface area contributed by atoms with Gasteiger partial charge < -0.3 is 15.0 Å². The predicted octanol–water partition coefficient (Wildman–Crippen LogP) is 0.842. The first-order chi connectivity index (χ1) is 8.49. The van der Waals surface area contributed by atoms with Crippen molar-refractivity contribution < 1.29 is 14.8 Å². The summed E-state index contributed by atoms with van der Waals surface area (Å²) in [5.41, 5.74) is 0.203. The van der Waals surface area contributed by atoms with E-state index < -0.39 is 16.9 Å². The van der Waals surface area contributed by atoms with Crippen molar-refractivity contribution in [3.8, 4) is 0 Å². The average molecular weight is 253 g/mol. The fourth-order valence-corrected chi connectivity index (χ4v) is 1.73. The Morgan fingerprint density at radius 3 is 2.89 bits per heavy atom. The van der Waals surface area contributed by atoms with E-state index in [2.05, 4.69) is 5.32 Å². The number of aliphatic hydroxyl groups excluding tert-OH is 1. The van der Waals surface area contributed by atoms with E-state index in [-0.39, 0.29) is 24.0 Å². The standard InChI is InChI=1S/C11H15N3O4/c1-7(15)5-12-11(16)10-4-9(14(17)18)6-13(10)8-2-3-8/h4,6-8,15H,2-3,5H2,1H3,(H,12,16)/t7-/m1/s1. The first-order valence-electron chi connectivity index (χ1n) is 5.81. The zero-order valence-corrected chi connectivity index (χ0v) is 10.00. The van der Waals surface area contributed by atoms with Gasteiger partial charge in [-0.25, -0.2) is 0 Å². The fraction of sp³-hybridized carbons (Fsp3) is 0.545. The number of rotatable bonds is 5. The molecule has 1 heterocycles. The maximum Gasteiger partial charge on any atom is 0.287 e. The topological polar surface area (TPSA) is 97.4 Å². The largest absolute Gasteiger partial charge is 0.392 e. The molecule has 0 radical (unpaired) electrons. The molecule has 2 N–H and O–H groups in total. The first-order valence-corrected chi connectivity index (χ1v) is 5.81. The number of hydrogen-bond donors (Lipinski definition) is 2. The smallest absolute Gasteiger partial charge is 0.287 e. The third kappa shape index (κ3) is 2.67. The summed E-state index contributed by atoms with van der Waals surface area (Å²) in [5, 5.41) is 22.4. The van der Waals surface area contributed by atoms with Gasteiger partial charge in [-0.15, -0.1) is 0 Å². The van der Waals surface area contributed by atoms with Crippen molar-refractivity contribution >= 4 is 11.6 Å². The van der Waals surface area contributed by atoms with Crippen LogP contribution in [0.15, 0.2) is 12.3 Å². The van der Waals surface area contributed by atoms with E-state index in [1.54, 1.807) is 11.5 Å². The van der Waals surface area contributed by atoms with Crippen molar-refractivity contribution in [3.63, 3.8) is 0 Å². The molecule has 0 unspecified atom stereocenters. The van der Waals surface area contributed by atoms with Crippen molar-refractivity contribution in [2.45, 2.75) is 31.9 Å². The second kappa shape index (κ2) is 4.77. The third-order valence-electron chi connectivity index (χ3n) is 2.78. The van der Waals surface area contributed by atoms with Crippen LogP contribution in [0.2, 0.25) is 0 Å². The number of carbonyl (C=O) groups is 1. The van der Waals surface area contributed by atoms with Crippen LogP contribution in [0.5, 0.6) is 0 Å². The maximum absolute atomic E-state index is 11.9. The van der Waals surface area contributed by atoms with Gasteiger partial charge in [0.25, 0.3) is 11.6 Å². The van der Waals surface area contributed by atoms with Crippen LogP contribution in [0.1, 0.15) is 36.3 Å². The molecule has 1 aromatic heterocycles. The number of nitro groups is 1. The van der Waals surface area contributed by atoms with E-state index in [1.807, 2.05) is 0 Å². The van der Waals surface area contributed by atoms with Crippen molar-refractivity contribution in [3.05, 3.63) is 28.1 Å². The minimum Gasteiger partial charge on any atom is -0.392 e. The highest BCUT2D eigenvalue weighted by Gasteiger charge is 2.30. The Morgan fingerprint density at radius 2 is 2.39 bits per heavy atom. The molecular formula is C11H15N3O4. The van der Waals surface area contributed by atoms with Crippen molar-refractivity contribution in [1.29, 1.82) is 0 Å². The Morgan fingerprint density at radius 1 is 1.72 bits per heavy atom. The van der Waals surface area contributed by atoms with Gasteiger partial charge >= 0.3 is 0 Å². The van der Waals surface area contributed by atoms with E-state index in [0.717, 1.165) is 12.8 Å². The molecule has 7 heteroatoms. The second-order valence-electron chi connectivity index (χ2n) is 4.54. The zero-order chi connectivity index (χ0) is 13.3. The number of nitrogens with one attached hydrogen (secondary N) is 1. The van der Waals surface area contributed by atoms with Gasteiger partial charge in [0.15, 0.2) is 0 Å². The van der Waals surface area contributed by atoms with Gasteiger partial charge in [-0.3, -0.25) is 14.9 Å². The average Bonchev–Trinajstić information content (AvgIpc) is 3.04. The maximum atomic E-state index is 11.9. The zero-order valence-electron chi connectivity index (χ0n) is 10.00. The molecule has 1 fully saturated rings. The molecule has 0 aliphatic heterocycles. The van der Waals surface area contributed by atoms with E-state index in [9.17, 15) is 14.9 Å². The summed E-state index contributed by atoms with van der Waals surface area (Å²) in [4.78, 5) is 22.1. The number of hydrogen-bond acceptors (Lipinski definition) is 4. The van der Waals surface area contributed by atoms with Crippen LogP contribution in [0.3, 0.4) is 0 Å². The number of aromatic nitrogens is 1. The Bertz CT molecular complexity index is 477. The third-order valence-corrected chi connectivity index (χ3v) is 2.78. The van der Waals surface area contributed by atoms with Crippen LogP contribution in [-0.2, 0) is 0 Å². The Hall–Kier alpha value is -1.89. The monoisotopic (exact) mass is 253 g/mol. The van der Waals surface area contributed by atoms with Gasteiger partial charge in [-0.1, -0.05) is 0 Å². The summed E-state index contributed by atoms with van der Waals surface area (Å²) in [6.07, 6.45) is 2.62. The molecule has 0 spiro atoms. The number of nitrogens with zero attached hydrogens (tertiary/aromatic N) is 2. The Kier molecular flexibility index (Phi) is 3.33. The number of aliphatic hydroxyl groups is 1. The molecule has 1 saturated carbocycles. The first kappa shape index (κ1) is 12.6. The van der Waals surface area contributed by atoms with Gasteiger partial charge in [0.05, 0.1) is 17.2 Å². The summed E-state index contributed by atoms with van der Waals surface area (Å²) in [6.45, 7) is 1.69. The van der Waals surface area contributed by atoms with Gasteiger partial charge in [0.1, 0.15) is 5.69 Å². The van der Waals surface area contributed by atoms with Crippen LogP contribution in [-0.4, -0.2) is 33.2 Å². The van der Waals surface area contributed by atoms with Crippen molar-refractivity contribution in [2.75, 3.05) is 6.54 Å². The minimum atomic E-state index is -0.645. The Labute approximate surface area is 104 Å². The summed E-state index contributed by atoms with van der Waals surface area (Å²) in [7, 11) is 0. The molecule has 18 heavy (non-hydrogen) atoms. The summed E-state index contributed by atoms with van der Waals surface area (Å²) >= 11 is 0. The molecule has 0 saturated heterocycles. The van der Waals surface area contributed by atoms with Gasteiger partial charge in [-0.2, -0.15) is 0 Å². The lowest BCUT2D eigenvalue weighted by atomic mass is 10.3. The van der Waals surface area contributed by atoms with E-state index in [0.29, 0.717) is 0 Å². The summed E-state index contributed by atoms with van der Waals surface area (Å²) in [6, 6.07) is 1.46. The van der Waals surface area contributed by atoms with Crippen LogP contribution < -0.4 is 5.32 Å². The van der Waals surface area contributed by atoms with Crippen molar-refractivity contribution in [1.82, 2.24) is 9.88 Å². The molecule has 0 bridgehead atoms. The minimum absolute atomic E-state index is 0.0795. The molecule has 1 aliphatic carbocycles. The molecule has 98 valence electrons. The van der Waals surface area contributed by atoms with Gasteiger partial charge in [0.2, 0.25) is 0 Å².